The molecule has 4 rings (SSSR count). The normalized spacial score (nSPS) is 14.6. The first kappa shape index (κ1) is 19.5. The Labute approximate surface area is 178 Å². The maximum absolute atomic E-state index is 12.6. The number of fused-ring (bicyclic) bond motifs is 1. The second-order valence-electron chi connectivity index (χ2n) is 7.02. The quantitative estimate of drug-likeness (QED) is 0.654. The van der Waals surface area contributed by atoms with Crippen molar-refractivity contribution in [2.75, 3.05) is 18.0 Å². The summed E-state index contributed by atoms with van der Waals surface area (Å²) in [4.78, 5) is 19.4. The number of carbonyl (C=O) groups is 1. The predicted molar refractivity (Wildman–Crippen MR) is 116 cm³/mol. The van der Waals surface area contributed by atoms with Crippen molar-refractivity contribution in [3.8, 4) is 6.07 Å². The van der Waals surface area contributed by atoms with E-state index in [1.54, 1.807) is 24.4 Å². The van der Waals surface area contributed by atoms with E-state index < -0.39 is 0 Å². The Balaban J connectivity index is 1.45. The smallest absolute Gasteiger partial charge is 0.253 e. The van der Waals surface area contributed by atoms with Crippen molar-refractivity contribution >= 4 is 45.7 Å². The number of hydrogen-bond acceptors (Lipinski definition) is 4. The number of nitriles is 1. The molecule has 5 nitrogen and oxygen atoms in total. The fourth-order valence-corrected chi connectivity index (χ4v) is 4.05. The Morgan fingerprint density at radius 2 is 1.97 bits per heavy atom. The van der Waals surface area contributed by atoms with Crippen LogP contribution in [0.15, 0.2) is 48.7 Å². The molecular weight excluding hydrogens is 407 g/mol. The molecule has 29 heavy (non-hydrogen) atoms. The molecule has 2 aromatic carbocycles. The summed E-state index contributed by atoms with van der Waals surface area (Å²) in [6, 6.07) is 14.8. The summed E-state index contributed by atoms with van der Waals surface area (Å²) in [6.07, 6.45) is 3.38. The van der Waals surface area contributed by atoms with Gasteiger partial charge in [0.05, 0.1) is 27.2 Å². The van der Waals surface area contributed by atoms with Crippen molar-refractivity contribution in [1.29, 1.82) is 5.26 Å². The molecule has 1 aliphatic heterocycles. The molecule has 7 heteroatoms. The highest BCUT2D eigenvalue weighted by atomic mass is 35.5. The fourth-order valence-electron chi connectivity index (χ4n) is 3.66. The Bertz CT molecular complexity index is 1120. The largest absolute Gasteiger partial charge is 0.356 e. The average molecular weight is 425 g/mol. The number of carbonyl (C=O) groups excluding carboxylic acids is 1. The summed E-state index contributed by atoms with van der Waals surface area (Å²) >= 11 is 12.2. The van der Waals surface area contributed by atoms with Gasteiger partial charge in [0.1, 0.15) is 5.82 Å². The van der Waals surface area contributed by atoms with E-state index in [-0.39, 0.29) is 17.0 Å². The topological polar surface area (TPSA) is 69.0 Å². The Morgan fingerprint density at radius 3 is 2.72 bits per heavy atom. The summed E-state index contributed by atoms with van der Waals surface area (Å²) in [5.41, 5.74) is 1.03. The predicted octanol–water partition coefficient (Wildman–Crippen LogP) is 4.81. The summed E-state index contributed by atoms with van der Waals surface area (Å²) in [7, 11) is 0. The van der Waals surface area contributed by atoms with Gasteiger partial charge in [-0.3, -0.25) is 4.79 Å². The molecule has 0 atom stereocenters. The van der Waals surface area contributed by atoms with Crippen LogP contribution < -0.4 is 10.2 Å². The van der Waals surface area contributed by atoms with Gasteiger partial charge < -0.3 is 10.2 Å². The van der Waals surface area contributed by atoms with Crippen LogP contribution in [-0.4, -0.2) is 30.0 Å². The van der Waals surface area contributed by atoms with Gasteiger partial charge in [-0.25, -0.2) is 4.98 Å². The van der Waals surface area contributed by atoms with Crippen molar-refractivity contribution in [2.45, 2.75) is 18.9 Å². The van der Waals surface area contributed by atoms with Crippen LogP contribution in [0.25, 0.3) is 10.8 Å². The lowest BCUT2D eigenvalue weighted by atomic mass is 10.0. The third kappa shape index (κ3) is 4.00. The number of halogens is 2. The number of amides is 1. The van der Waals surface area contributed by atoms with Gasteiger partial charge in [0, 0.05) is 30.7 Å². The highest BCUT2D eigenvalue weighted by Gasteiger charge is 2.24. The number of hydrogen-bond donors (Lipinski definition) is 1. The lowest BCUT2D eigenvalue weighted by Crippen LogP contribution is -2.45. The molecule has 146 valence electrons. The minimum absolute atomic E-state index is 0.0639. The number of nitrogens with zero attached hydrogens (tertiary/aromatic N) is 3. The molecule has 0 spiro atoms. The van der Waals surface area contributed by atoms with E-state index >= 15 is 0 Å². The van der Waals surface area contributed by atoms with Crippen LogP contribution in [0.2, 0.25) is 10.0 Å². The molecule has 2 heterocycles. The number of aromatic nitrogens is 1. The maximum Gasteiger partial charge on any atom is 0.253 e. The van der Waals surface area contributed by atoms with Gasteiger partial charge in [0.25, 0.3) is 5.91 Å². The molecule has 1 N–H and O–H groups in total. The zero-order valence-corrected chi connectivity index (χ0v) is 17.0. The number of benzene rings is 2. The Morgan fingerprint density at radius 1 is 1.17 bits per heavy atom. The van der Waals surface area contributed by atoms with Crippen molar-refractivity contribution in [1.82, 2.24) is 10.3 Å². The SMILES string of the molecule is N#Cc1ccc2c(N3CCC(NC(=O)c4cccc(Cl)c4Cl)CC3)nccc2c1. The van der Waals surface area contributed by atoms with Gasteiger partial charge in [-0.2, -0.15) is 5.26 Å². The van der Waals surface area contributed by atoms with Crippen molar-refractivity contribution in [3.63, 3.8) is 0 Å². The molecule has 0 aliphatic carbocycles. The van der Waals surface area contributed by atoms with Crippen LogP contribution in [-0.2, 0) is 0 Å². The van der Waals surface area contributed by atoms with E-state index in [1.807, 2.05) is 24.3 Å². The van der Waals surface area contributed by atoms with Crippen molar-refractivity contribution < 1.29 is 4.79 Å². The fraction of sp³-hybridized carbons (Fsp3) is 0.227. The molecule has 1 aromatic heterocycles. The lowest BCUT2D eigenvalue weighted by Gasteiger charge is -2.33. The van der Waals surface area contributed by atoms with Crippen LogP contribution in [0.3, 0.4) is 0 Å². The highest BCUT2D eigenvalue weighted by Crippen LogP contribution is 2.28. The van der Waals surface area contributed by atoms with Crippen LogP contribution >= 0.6 is 23.2 Å². The number of piperidine rings is 1. The van der Waals surface area contributed by atoms with Crippen molar-refractivity contribution in [3.05, 3.63) is 69.8 Å². The van der Waals surface area contributed by atoms with Gasteiger partial charge in [0.15, 0.2) is 0 Å². The van der Waals surface area contributed by atoms with Gasteiger partial charge in [-0.15, -0.1) is 0 Å². The molecule has 0 unspecified atom stereocenters. The van der Waals surface area contributed by atoms with Gasteiger partial charge >= 0.3 is 0 Å². The van der Waals surface area contributed by atoms with Crippen LogP contribution in [0.4, 0.5) is 5.82 Å². The number of pyridine rings is 1. The van der Waals surface area contributed by atoms with E-state index in [4.69, 9.17) is 28.5 Å². The van der Waals surface area contributed by atoms with E-state index in [0.29, 0.717) is 16.1 Å². The van der Waals surface area contributed by atoms with E-state index in [1.165, 1.54) is 0 Å². The molecular formula is C22H18Cl2N4O. The average Bonchev–Trinajstić information content (AvgIpc) is 2.75. The second-order valence-corrected chi connectivity index (χ2v) is 7.80. The molecule has 0 radical (unpaired) electrons. The second kappa shape index (κ2) is 8.28. The summed E-state index contributed by atoms with van der Waals surface area (Å²) in [5, 5.41) is 14.8. The zero-order chi connectivity index (χ0) is 20.4. The molecule has 0 saturated carbocycles. The highest BCUT2D eigenvalue weighted by molar-refractivity contribution is 6.43. The van der Waals surface area contributed by atoms with Crippen LogP contribution in [0.5, 0.6) is 0 Å². The Hall–Kier alpha value is -2.81. The summed E-state index contributed by atoms with van der Waals surface area (Å²) in [6.45, 7) is 1.56. The zero-order valence-electron chi connectivity index (χ0n) is 15.5. The number of rotatable bonds is 3. The first-order valence-corrected chi connectivity index (χ1v) is 10.1. The number of nitrogens with one attached hydrogen (secondary N) is 1. The Kier molecular flexibility index (Phi) is 5.57. The standard InChI is InChI=1S/C22H18Cl2N4O/c23-19-3-1-2-18(20(19)24)22(29)27-16-7-10-28(11-8-16)21-17-5-4-14(13-25)12-15(17)6-9-26-21/h1-6,9,12,16H,7-8,10-11H2,(H,27,29). The third-order valence-electron chi connectivity index (χ3n) is 5.20. The van der Waals surface area contributed by atoms with Crippen LogP contribution in [0.1, 0.15) is 28.8 Å². The lowest BCUT2D eigenvalue weighted by molar-refractivity contribution is 0.0931. The summed E-state index contributed by atoms with van der Waals surface area (Å²) < 4.78 is 0. The first-order valence-electron chi connectivity index (χ1n) is 9.35. The number of anilines is 1. The molecule has 0 bridgehead atoms. The van der Waals surface area contributed by atoms with Gasteiger partial charge in [0.2, 0.25) is 0 Å². The molecule has 1 amide bonds. The van der Waals surface area contributed by atoms with E-state index in [0.717, 1.165) is 42.5 Å². The molecule has 3 aromatic rings. The van der Waals surface area contributed by atoms with Gasteiger partial charge in [-0.1, -0.05) is 29.3 Å². The summed E-state index contributed by atoms with van der Waals surface area (Å²) in [5.74, 6) is 0.706. The van der Waals surface area contributed by atoms with Gasteiger partial charge in [-0.05, 0) is 54.6 Å². The molecule has 1 aliphatic rings. The first-order chi connectivity index (χ1) is 14.1. The van der Waals surface area contributed by atoms with E-state index in [2.05, 4.69) is 21.3 Å². The minimum atomic E-state index is -0.205. The maximum atomic E-state index is 12.6. The van der Waals surface area contributed by atoms with Crippen molar-refractivity contribution in [2.24, 2.45) is 0 Å². The monoisotopic (exact) mass is 424 g/mol. The molecule has 1 saturated heterocycles. The third-order valence-corrected chi connectivity index (χ3v) is 6.02. The van der Waals surface area contributed by atoms with Crippen LogP contribution in [0, 0.1) is 11.3 Å². The molecule has 1 fully saturated rings. The minimum Gasteiger partial charge on any atom is -0.356 e. The van der Waals surface area contributed by atoms with E-state index in [9.17, 15) is 4.79 Å².